The molecular formula is C10H11ClFN3. The van der Waals surface area contributed by atoms with E-state index in [1.165, 1.54) is 4.09 Å². The van der Waals surface area contributed by atoms with Crippen LogP contribution in [0.15, 0.2) is 24.3 Å². The first-order chi connectivity index (χ1) is 7.22. The van der Waals surface area contributed by atoms with Gasteiger partial charge in [0.25, 0.3) is 0 Å². The predicted molar refractivity (Wildman–Crippen MR) is 60.0 cm³/mol. The van der Waals surface area contributed by atoms with Gasteiger partial charge in [0.1, 0.15) is 6.67 Å². The number of hydrogen-bond acceptors (Lipinski definition) is 2. The third-order valence-corrected chi connectivity index (χ3v) is 2.45. The molecule has 0 saturated heterocycles. The number of imidazole rings is 1. The Bertz CT molecular complexity index is 469. The number of para-hydroxylation sites is 2. The number of benzene rings is 1. The van der Waals surface area contributed by atoms with Crippen molar-refractivity contribution >= 4 is 28.8 Å². The summed E-state index contributed by atoms with van der Waals surface area (Å²) in [5.41, 5.74) is 1.61. The summed E-state index contributed by atoms with van der Waals surface area (Å²) in [7, 11) is 0. The number of aromatic nitrogens is 2. The first kappa shape index (κ1) is 10.2. The summed E-state index contributed by atoms with van der Waals surface area (Å²) in [6, 6.07) is 7.19. The van der Waals surface area contributed by atoms with E-state index in [9.17, 15) is 4.39 Å². The van der Waals surface area contributed by atoms with E-state index in [0.717, 1.165) is 11.0 Å². The zero-order valence-corrected chi connectivity index (χ0v) is 9.00. The van der Waals surface area contributed by atoms with Gasteiger partial charge in [0, 0.05) is 11.8 Å². The third kappa shape index (κ3) is 1.90. The van der Waals surface area contributed by atoms with Crippen LogP contribution in [0.1, 0.15) is 6.92 Å². The highest BCUT2D eigenvalue weighted by Gasteiger charge is 2.10. The lowest BCUT2D eigenvalue weighted by molar-refractivity contribution is 0.459. The van der Waals surface area contributed by atoms with Gasteiger partial charge >= 0.3 is 0 Å². The number of fused-ring (bicyclic) bond motifs is 1. The van der Waals surface area contributed by atoms with Gasteiger partial charge in [-0.15, -0.1) is 0 Å². The molecule has 1 atom stereocenters. The SMILES string of the molecule is CC(CF)Nc1nc2ccccc2n1Cl. The molecule has 0 aliphatic carbocycles. The van der Waals surface area contributed by atoms with Gasteiger partial charge in [-0.05, 0) is 19.1 Å². The number of nitrogens with one attached hydrogen (secondary N) is 1. The first-order valence-corrected chi connectivity index (χ1v) is 5.02. The second kappa shape index (κ2) is 4.06. The molecule has 2 aromatic rings. The van der Waals surface area contributed by atoms with Gasteiger partial charge in [0.15, 0.2) is 0 Å². The van der Waals surface area contributed by atoms with Crippen molar-refractivity contribution in [3.8, 4) is 0 Å². The molecule has 80 valence electrons. The second-order valence-electron chi connectivity index (χ2n) is 3.40. The maximum atomic E-state index is 12.3. The van der Waals surface area contributed by atoms with Crippen molar-refractivity contribution in [1.29, 1.82) is 0 Å². The fourth-order valence-electron chi connectivity index (χ4n) is 1.34. The molecule has 1 heterocycles. The van der Waals surface area contributed by atoms with Crippen molar-refractivity contribution in [2.45, 2.75) is 13.0 Å². The van der Waals surface area contributed by atoms with Crippen molar-refractivity contribution in [2.75, 3.05) is 12.0 Å². The normalized spacial score (nSPS) is 13.0. The number of hydrogen-bond donors (Lipinski definition) is 1. The van der Waals surface area contributed by atoms with Crippen LogP contribution in [0.3, 0.4) is 0 Å². The molecule has 1 aromatic heterocycles. The highest BCUT2D eigenvalue weighted by molar-refractivity contribution is 6.20. The smallest absolute Gasteiger partial charge is 0.219 e. The Morgan fingerprint density at radius 2 is 2.27 bits per heavy atom. The highest BCUT2D eigenvalue weighted by Crippen LogP contribution is 2.20. The van der Waals surface area contributed by atoms with Crippen LogP contribution in [0.2, 0.25) is 0 Å². The van der Waals surface area contributed by atoms with Crippen LogP contribution >= 0.6 is 11.8 Å². The number of rotatable bonds is 3. The fourth-order valence-corrected chi connectivity index (χ4v) is 1.57. The molecule has 5 heteroatoms. The lowest BCUT2D eigenvalue weighted by atomic mass is 10.3. The fraction of sp³-hybridized carbons (Fsp3) is 0.300. The largest absolute Gasteiger partial charge is 0.350 e. The minimum Gasteiger partial charge on any atom is -0.350 e. The van der Waals surface area contributed by atoms with Crippen molar-refractivity contribution in [3.05, 3.63) is 24.3 Å². The van der Waals surface area contributed by atoms with Crippen molar-refractivity contribution in [2.24, 2.45) is 0 Å². The number of alkyl halides is 1. The second-order valence-corrected chi connectivity index (χ2v) is 3.74. The van der Waals surface area contributed by atoms with Crippen LogP contribution in [0.4, 0.5) is 10.3 Å². The van der Waals surface area contributed by atoms with Crippen LogP contribution in [-0.4, -0.2) is 21.8 Å². The first-order valence-electron chi connectivity index (χ1n) is 4.68. The average Bonchev–Trinajstić information content (AvgIpc) is 2.57. The molecule has 15 heavy (non-hydrogen) atoms. The molecule has 0 amide bonds. The number of nitrogens with zero attached hydrogens (tertiary/aromatic N) is 2. The summed E-state index contributed by atoms with van der Waals surface area (Å²) in [5.74, 6) is 0.475. The van der Waals surface area contributed by atoms with Gasteiger partial charge in [0.05, 0.1) is 17.1 Å². The summed E-state index contributed by atoms with van der Waals surface area (Å²) >= 11 is 6.03. The molecule has 0 fully saturated rings. The Labute approximate surface area is 92.0 Å². The van der Waals surface area contributed by atoms with E-state index in [2.05, 4.69) is 10.3 Å². The van der Waals surface area contributed by atoms with E-state index in [4.69, 9.17) is 11.8 Å². The summed E-state index contributed by atoms with van der Waals surface area (Å²) in [4.78, 5) is 4.25. The molecule has 1 aromatic carbocycles. The van der Waals surface area contributed by atoms with E-state index in [1.807, 2.05) is 24.3 Å². The molecule has 0 aliphatic rings. The van der Waals surface area contributed by atoms with E-state index in [-0.39, 0.29) is 6.04 Å². The Balaban J connectivity index is 2.40. The van der Waals surface area contributed by atoms with E-state index in [0.29, 0.717) is 5.95 Å². The third-order valence-electron chi connectivity index (χ3n) is 2.11. The summed E-state index contributed by atoms with van der Waals surface area (Å²) < 4.78 is 13.7. The lowest BCUT2D eigenvalue weighted by Gasteiger charge is -2.08. The lowest BCUT2D eigenvalue weighted by Crippen LogP contribution is -2.18. The molecule has 3 nitrogen and oxygen atoms in total. The van der Waals surface area contributed by atoms with E-state index < -0.39 is 6.67 Å². The summed E-state index contributed by atoms with van der Waals surface area (Å²) in [6.07, 6.45) is 0. The molecule has 0 radical (unpaired) electrons. The molecule has 0 saturated carbocycles. The summed E-state index contributed by atoms with van der Waals surface area (Å²) in [6.45, 7) is 1.27. The Kier molecular flexibility index (Phi) is 2.77. The van der Waals surface area contributed by atoms with Gasteiger partial charge in [-0.1, -0.05) is 12.1 Å². The molecule has 1 unspecified atom stereocenters. The van der Waals surface area contributed by atoms with E-state index in [1.54, 1.807) is 6.92 Å². The monoisotopic (exact) mass is 227 g/mol. The molecule has 1 N–H and O–H groups in total. The Morgan fingerprint density at radius 1 is 1.53 bits per heavy atom. The van der Waals surface area contributed by atoms with Gasteiger partial charge in [-0.3, -0.25) is 0 Å². The van der Waals surface area contributed by atoms with Crippen LogP contribution in [0.5, 0.6) is 0 Å². The van der Waals surface area contributed by atoms with Crippen LogP contribution in [0.25, 0.3) is 11.0 Å². The maximum absolute atomic E-state index is 12.3. The van der Waals surface area contributed by atoms with Crippen LogP contribution in [0, 0.1) is 0 Å². The van der Waals surface area contributed by atoms with Crippen molar-refractivity contribution in [1.82, 2.24) is 9.07 Å². The van der Waals surface area contributed by atoms with Crippen molar-refractivity contribution in [3.63, 3.8) is 0 Å². The minimum atomic E-state index is -0.458. The zero-order chi connectivity index (χ0) is 10.8. The number of halogens is 2. The van der Waals surface area contributed by atoms with Gasteiger partial charge in [-0.2, -0.15) is 0 Å². The van der Waals surface area contributed by atoms with E-state index >= 15 is 0 Å². The topological polar surface area (TPSA) is 29.9 Å². The average molecular weight is 228 g/mol. The highest BCUT2D eigenvalue weighted by atomic mass is 35.5. The van der Waals surface area contributed by atoms with Gasteiger partial charge < -0.3 is 5.32 Å². The zero-order valence-electron chi connectivity index (χ0n) is 8.24. The quantitative estimate of drug-likeness (QED) is 0.874. The van der Waals surface area contributed by atoms with Crippen LogP contribution in [-0.2, 0) is 0 Å². The maximum Gasteiger partial charge on any atom is 0.219 e. The molecule has 0 bridgehead atoms. The van der Waals surface area contributed by atoms with Gasteiger partial charge in [-0.25, -0.2) is 13.5 Å². The predicted octanol–water partition coefficient (Wildman–Crippen LogP) is 2.81. The standard InChI is InChI=1S/C10H11ClFN3/c1-7(6-12)13-10-14-8-4-2-3-5-9(8)15(10)11/h2-5,7H,6H2,1H3,(H,13,14). The summed E-state index contributed by atoms with van der Waals surface area (Å²) in [5, 5.41) is 2.89. The van der Waals surface area contributed by atoms with Crippen molar-refractivity contribution < 1.29 is 4.39 Å². The Hall–Kier alpha value is -1.29. The minimum absolute atomic E-state index is 0.292. The molecule has 0 aliphatic heterocycles. The molecular weight excluding hydrogens is 217 g/mol. The van der Waals surface area contributed by atoms with Gasteiger partial charge in [0.2, 0.25) is 5.95 Å². The molecule has 2 rings (SSSR count). The number of anilines is 1. The molecule has 0 spiro atoms. The Morgan fingerprint density at radius 3 is 2.93 bits per heavy atom. The van der Waals surface area contributed by atoms with Crippen LogP contribution < -0.4 is 5.32 Å².